The Balaban J connectivity index is 0.0000000782. The van der Waals surface area contributed by atoms with E-state index < -0.39 is 0 Å². The third-order valence-electron chi connectivity index (χ3n) is 14.4. The summed E-state index contributed by atoms with van der Waals surface area (Å²) in [6.45, 7) is 0. The zero-order valence-corrected chi connectivity index (χ0v) is 23.8. The molecule has 0 amide bonds. The lowest BCUT2D eigenvalue weighted by Crippen LogP contribution is -2.38. The summed E-state index contributed by atoms with van der Waals surface area (Å²) in [5, 5.41) is 0. The molecule has 0 aromatic heterocycles. The second-order valence-corrected chi connectivity index (χ2v) is 16.4. The molecule has 10 fully saturated rings. The molecule has 0 nitrogen and oxygen atoms in total. The summed E-state index contributed by atoms with van der Waals surface area (Å²) in [5.41, 5.74) is 0. The summed E-state index contributed by atoms with van der Waals surface area (Å²) in [6.07, 6.45) is 39.5. The van der Waals surface area contributed by atoms with E-state index >= 15 is 0 Å². The molecule has 0 aliphatic heterocycles. The maximum absolute atomic E-state index is 2.44. The lowest BCUT2D eigenvalue weighted by atomic mass is 9.56. The molecule has 12 aliphatic carbocycles. The first-order chi connectivity index (χ1) is 18.2. The van der Waals surface area contributed by atoms with E-state index in [4.69, 9.17) is 0 Å². The summed E-state index contributed by atoms with van der Waals surface area (Å²) in [6, 6.07) is 0. The van der Waals surface area contributed by atoms with Gasteiger partial charge in [-0.15, -0.1) is 0 Å². The van der Waals surface area contributed by atoms with Crippen LogP contribution in [-0.2, 0) is 0 Å². The number of rotatable bonds is 0. The van der Waals surface area contributed by atoms with Gasteiger partial charge in [-0.05, 0) is 173 Å². The Hall–Kier alpha value is -0.520. The Morgan fingerprint density at radius 3 is 1.38 bits per heavy atom. The van der Waals surface area contributed by atoms with Gasteiger partial charge in [0, 0.05) is 0 Å². The standard InChI is InChI=1S/2C10H16.C10H12.C7H12/c1-7-2-9-4-8(1)5-10(3-7)6-9;2*1-2-9-7-4-5-8(6-7)10(9)3-1;1-2-7-4-3-6(1)5-7/h2*7-10H,1-6H2;1-2,4-5,7-10H,3,6H2;6-7H,1-5H2. The number of hydrogen-bond donors (Lipinski definition) is 0. The quantitative estimate of drug-likeness (QED) is 0.290. The summed E-state index contributed by atoms with van der Waals surface area (Å²) in [7, 11) is 0. The lowest BCUT2D eigenvalue weighted by molar-refractivity contribution is 0.0198. The third-order valence-corrected chi connectivity index (χ3v) is 14.4. The van der Waals surface area contributed by atoms with Crippen LogP contribution in [0.4, 0.5) is 0 Å². The van der Waals surface area contributed by atoms with Crippen molar-refractivity contribution in [2.75, 3.05) is 0 Å². The van der Waals surface area contributed by atoms with Crippen LogP contribution in [0.3, 0.4) is 0 Å². The molecule has 10 saturated carbocycles. The van der Waals surface area contributed by atoms with Gasteiger partial charge in [0.2, 0.25) is 0 Å². The molecule has 204 valence electrons. The molecule has 0 heterocycles. The average molecular weight is 501 g/mol. The van der Waals surface area contributed by atoms with Gasteiger partial charge in [0.05, 0.1) is 0 Å². The molecule has 8 atom stereocenters. The SMILES string of the molecule is C1=CC2C3C=CC(C3)C2C1.C1C2CC3CC1CC(C2)C3.C1CC2C3CCC(C3)C2C1.C1CC2CCC1C2. The van der Waals surface area contributed by atoms with E-state index in [1.54, 1.807) is 109 Å². The van der Waals surface area contributed by atoms with Crippen LogP contribution < -0.4 is 0 Å². The fourth-order valence-corrected chi connectivity index (χ4v) is 13.1. The van der Waals surface area contributed by atoms with Crippen LogP contribution in [0.1, 0.15) is 122 Å². The smallest absolute Gasteiger partial charge is 0.0133 e. The van der Waals surface area contributed by atoms with E-state index in [9.17, 15) is 0 Å². The first-order valence-electron chi connectivity index (χ1n) is 17.6. The van der Waals surface area contributed by atoms with Crippen molar-refractivity contribution < 1.29 is 0 Å². The molecule has 37 heavy (non-hydrogen) atoms. The summed E-state index contributed by atoms with van der Waals surface area (Å²) in [5.74, 6) is 15.7. The maximum atomic E-state index is 2.44. The maximum Gasteiger partial charge on any atom is -0.0133 e. The van der Waals surface area contributed by atoms with E-state index in [1.807, 2.05) is 0 Å². The fourth-order valence-electron chi connectivity index (χ4n) is 13.1. The van der Waals surface area contributed by atoms with Crippen LogP contribution in [-0.4, -0.2) is 0 Å². The van der Waals surface area contributed by atoms with E-state index in [1.165, 1.54) is 72.0 Å². The highest BCUT2D eigenvalue weighted by Crippen LogP contribution is 2.58. The van der Waals surface area contributed by atoms with E-state index in [2.05, 4.69) is 24.3 Å². The molecular formula is C37H56. The summed E-state index contributed by atoms with van der Waals surface area (Å²) >= 11 is 0. The number of hydrogen-bond acceptors (Lipinski definition) is 0. The van der Waals surface area contributed by atoms with Crippen molar-refractivity contribution >= 4 is 0 Å². The van der Waals surface area contributed by atoms with Crippen molar-refractivity contribution in [2.45, 2.75) is 122 Å². The van der Waals surface area contributed by atoms with Gasteiger partial charge in [-0.25, -0.2) is 0 Å². The molecule has 8 unspecified atom stereocenters. The van der Waals surface area contributed by atoms with Crippen LogP contribution in [0.2, 0.25) is 0 Å². The normalized spacial score (nSPS) is 54.9. The first-order valence-corrected chi connectivity index (χ1v) is 17.6. The topological polar surface area (TPSA) is 0 Å². The molecular weight excluding hydrogens is 444 g/mol. The zero-order chi connectivity index (χ0) is 24.3. The van der Waals surface area contributed by atoms with Crippen molar-refractivity contribution in [2.24, 2.45) is 82.9 Å². The largest absolute Gasteiger partial charge is 0.0879 e. The van der Waals surface area contributed by atoms with Crippen molar-refractivity contribution in [3.63, 3.8) is 0 Å². The van der Waals surface area contributed by atoms with Gasteiger partial charge in [-0.1, -0.05) is 56.4 Å². The van der Waals surface area contributed by atoms with Gasteiger partial charge < -0.3 is 0 Å². The summed E-state index contributed by atoms with van der Waals surface area (Å²) < 4.78 is 0. The van der Waals surface area contributed by atoms with Crippen LogP contribution in [0.25, 0.3) is 0 Å². The van der Waals surface area contributed by atoms with Gasteiger partial charge >= 0.3 is 0 Å². The first kappa shape index (κ1) is 24.3. The predicted octanol–water partition coefficient (Wildman–Crippen LogP) is 10.2. The van der Waals surface area contributed by atoms with Crippen LogP contribution >= 0.6 is 0 Å². The minimum Gasteiger partial charge on any atom is -0.0879 e. The van der Waals surface area contributed by atoms with Crippen molar-refractivity contribution in [1.29, 1.82) is 0 Å². The average Bonchev–Trinajstić information content (AvgIpc) is 3.75. The molecule has 0 N–H and O–H groups in total. The monoisotopic (exact) mass is 500 g/mol. The second kappa shape index (κ2) is 10.1. The Labute approximate surface area is 228 Å². The number of allylic oxidation sites excluding steroid dienone is 4. The van der Waals surface area contributed by atoms with Gasteiger partial charge in [0.25, 0.3) is 0 Å². The molecule has 0 aromatic carbocycles. The molecule has 0 aromatic rings. The second-order valence-electron chi connectivity index (χ2n) is 16.4. The Morgan fingerprint density at radius 2 is 0.892 bits per heavy atom. The molecule has 0 heteroatoms. The molecule has 12 aliphatic rings. The third kappa shape index (κ3) is 4.75. The van der Waals surface area contributed by atoms with Crippen LogP contribution in [0.15, 0.2) is 24.3 Å². The molecule has 0 spiro atoms. The zero-order valence-electron chi connectivity index (χ0n) is 23.8. The Morgan fingerprint density at radius 1 is 0.378 bits per heavy atom. The van der Waals surface area contributed by atoms with Crippen LogP contribution in [0.5, 0.6) is 0 Å². The van der Waals surface area contributed by atoms with Gasteiger partial charge in [-0.2, -0.15) is 0 Å². The number of fused-ring (bicyclic) bond motifs is 12. The van der Waals surface area contributed by atoms with E-state index in [-0.39, 0.29) is 0 Å². The fraction of sp³-hybridized carbons (Fsp3) is 0.892. The van der Waals surface area contributed by atoms with Crippen molar-refractivity contribution in [3.8, 4) is 0 Å². The van der Waals surface area contributed by atoms with E-state index in [0.717, 1.165) is 23.7 Å². The van der Waals surface area contributed by atoms with Crippen molar-refractivity contribution in [3.05, 3.63) is 24.3 Å². The summed E-state index contributed by atoms with van der Waals surface area (Å²) in [4.78, 5) is 0. The molecule has 0 saturated heterocycles. The highest BCUT2D eigenvalue weighted by molar-refractivity contribution is 5.21. The van der Waals surface area contributed by atoms with E-state index in [0.29, 0.717) is 0 Å². The minimum absolute atomic E-state index is 0.925. The van der Waals surface area contributed by atoms with Crippen molar-refractivity contribution in [1.82, 2.24) is 0 Å². The van der Waals surface area contributed by atoms with Gasteiger partial charge in [0.15, 0.2) is 0 Å². The Kier molecular flexibility index (Phi) is 6.66. The van der Waals surface area contributed by atoms with Gasteiger partial charge in [0.1, 0.15) is 0 Å². The molecule has 12 rings (SSSR count). The lowest BCUT2D eigenvalue weighted by Gasteiger charge is -2.49. The molecule has 10 bridgehead atoms. The van der Waals surface area contributed by atoms with Crippen LogP contribution in [0, 0.1) is 82.9 Å². The molecule has 0 radical (unpaired) electrons. The highest BCUT2D eigenvalue weighted by Gasteiger charge is 2.49. The van der Waals surface area contributed by atoms with Gasteiger partial charge in [-0.3, -0.25) is 0 Å². The predicted molar refractivity (Wildman–Crippen MR) is 155 cm³/mol. The highest BCUT2D eigenvalue weighted by atomic mass is 14.5. The minimum atomic E-state index is 0.925. The Bertz CT molecular complexity index is 773.